The largest absolute Gasteiger partial charge is 0.493 e. The van der Waals surface area contributed by atoms with Crippen molar-refractivity contribution in [1.29, 1.82) is 0 Å². The van der Waals surface area contributed by atoms with Crippen molar-refractivity contribution in [3.63, 3.8) is 0 Å². The van der Waals surface area contributed by atoms with E-state index >= 15 is 0 Å². The fourth-order valence-corrected chi connectivity index (χ4v) is 4.50. The lowest BCUT2D eigenvalue weighted by Gasteiger charge is -2.15. The Kier molecular flexibility index (Phi) is 5.12. The summed E-state index contributed by atoms with van der Waals surface area (Å²) < 4.78 is 43.1. The Morgan fingerprint density at radius 3 is 2.55 bits per heavy atom. The molecule has 0 amide bonds. The fourth-order valence-electron chi connectivity index (χ4n) is 3.53. The molecule has 11 heteroatoms. The highest BCUT2D eigenvalue weighted by atomic mass is 32.2. The van der Waals surface area contributed by atoms with Crippen LogP contribution in [-0.2, 0) is 24.1 Å². The molecular weight excluding hydrogens is 446 g/mol. The van der Waals surface area contributed by atoms with Crippen LogP contribution in [0.15, 0.2) is 58.5 Å². The molecule has 0 spiro atoms. The van der Waals surface area contributed by atoms with Gasteiger partial charge in [-0.2, -0.15) is 5.10 Å². The average molecular weight is 470 g/mol. The van der Waals surface area contributed by atoms with E-state index in [0.717, 1.165) is 0 Å². The number of hydrogen-bond acceptors (Lipinski definition) is 6. The number of nitrogens with one attached hydrogen (secondary N) is 2. The minimum Gasteiger partial charge on any atom is -0.493 e. The van der Waals surface area contributed by atoms with Gasteiger partial charge in [0.15, 0.2) is 5.75 Å². The number of aryl methyl sites for hydroxylation is 2. The molecule has 5 rings (SSSR count). The van der Waals surface area contributed by atoms with Crippen LogP contribution in [0.1, 0.15) is 12.8 Å². The number of benzene rings is 2. The first kappa shape index (κ1) is 21.1. The summed E-state index contributed by atoms with van der Waals surface area (Å²) >= 11 is 0. The number of nitrogens with zero attached hydrogens (tertiary/aromatic N) is 3. The van der Waals surface area contributed by atoms with E-state index in [2.05, 4.69) is 14.9 Å². The molecule has 0 saturated heterocycles. The number of aromatic amines is 1. The number of rotatable bonds is 8. The van der Waals surface area contributed by atoms with Crippen molar-refractivity contribution in [2.45, 2.75) is 17.7 Å². The van der Waals surface area contributed by atoms with Gasteiger partial charge in [-0.25, -0.2) is 13.2 Å². The molecule has 0 unspecified atom stereocenters. The fraction of sp³-hybridized carbons (Fsp3) is 0.273. The van der Waals surface area contributed by atoms with E-state index in [1.165, 1.54) is 34.4 Å². The normalized spacial score (nSPS) is 13.9. The zero-order valence-electron chi connectivity index (χ0n) is 18.1. The molecule has 1 aliphatic carbocycles. The van der Waals surface area contributed by atoms with Gasteiger partial charge in [0, 0.05) is 32.4 Å². The molecule has 1 saturated carbocycles. The third kappa shape index (κ3) is 4.19. The first-order valence-corrected chi connectivity index (χ1v) is 11.9. The molecule has 0 radical (unpaired) electrons. The van der Waals surface area contributed by atoms with Crippen LogP contribution in [0.4, 0.5) is 5.69 Å². The topological polar surface area (TPSA) is 120 Å². The number of aromatic nitrogens is 4. The summed E-state index contributed by atoms with van der Waals surface area (Å²) in [6, 6.07) is 10.4. The first-order valence-electron chi connectivity index (χ1n) is 10.4. The SMILES string of the molecule is Cn1c(=O)n(C)c2cc(Oc3cccc(OCC4CC4)c3)c(NS(=O)(=O)c3cn[nH]c3)cc21. The van der Waals surface area contributed by atoms with Crippen molar-refractivity contribution in [3.05, 3.63) is 59.3 Å². The van der Waals surface area contributed by atoms with Crippen molar-refractivity contribution < 1.29 is 17.9 Å². The molecule has 2 aromatic heterocycles. The van der Waals surface area contributed by atoms with Crippen molar-refractivity contribution in [1.82, 2.24) is 19.3 Å². The Morgan fingerprint density at radius 1 is 1.12 bits per heavy atom. The van der Waals surface area contributed by atoms with Crippen LogP contribution >= 0.6 is 0 Å². The van der Waals surface area contributed by atoms with Gasteiger partial charge in [0.1, 0.15) is 16.4 Å². The lowest BCUT2D eigenvalue weighted by Crippen LogP contribution is -2.19. The molecule has 0 aliphatic heterocycles. The van der Waals surface area contributed by atoms with Gasteiger partial charge in [-0.15, -0.1) is 0 Å². The lowest BCUT2D eigenvalue weighted by atomic mass is 10.2. The molecule has 2 N–H and O–H groups in total. The van der Waals surface area contributed by atoms with E-state index < -0.39 is 10.0 Å². The summed E-state index contributed by atoms with van der Waals surface area (Å²) in [5.74, 6) is 2.01. The van der Waals surface area contributed by atoms with Crippen LogP contribution in [0.25, 0.3) is 11.0 Å². The molecule has 2 aromatic carbocycles. The smallest absolute Gasteiger partial charge is 0.328 e. The Labute approximate surface area is 189 Å². The number of anilines is 1. The highest BCUT2D eigenvalue weighted by molar-refractivity contribution is 7.92. The quantitative estimate of drug-likeness (QED) is 0.409. The van der Waals surface area contributed by atoms with Gasteiger partial charge in [-0.1, -0.05) is 6.07 Å². The predicted molar refractivity (Wildman–Crippen MR) is 122 cm³/mol. The molecule has 0 bridgehead atoms. The van der Waals surface area contributed by atoms with E-state index in [9.17, 15) is 13.2 Å². The van der Waals surface area contributed by atoms with Gasteiger partial charge >= 0.3 is 5.69 Å². The van der Waals surface area contributed by atoms with Gasteiger partial charge in [-0.3, -0.25) is 19.0 Å². The molecule has 1 fully saturated rings. The Morgan fingerprint density at radius 2 is 1.85 bits per heavy atom. The molecule has 172 valence electrons. The second-order valence-corrected chi connectivity index (χ2v) is 9.79. The molecule has 0 atom stereocenters. The third-order valence-electron chi connectivity index (χ3n) is 5.62. The van der Waals surface area contributed by atoms with Crippen molar-refractivity contribution in [2.75, 3.05) is 11.3 Å². The third-order valence-corrected chi connectivity index (χ3v) is 6.95. The summed E-state index contributed by atoms with van der Waals surface area (Å²) in [6.07, 6.45) is 4.86. The Hall–Kier alpha value is -3.73. The van der Waals surface area contributed by atoms with Crippen LogP contribution in [0.5, 0.6) is 17.2 Å². The minimum atomic E-state index is -3.93. The number of ether oxygens (including phenoxy) is 2. The zero-order chi connectivity index (χ0) is 23.2. The van der Waals surface area contributed by atoms with Crippen molar-refractivity contribution in [3.8, 4) is 17.2 Å². The number of sulfonamides is 1. The van der Waals surface area contributed by atoms with Crippen LogP contribution in [0, 0.1) is 5.92 Å². The minimum absolute atomic E-state index is 0.0222. The number of fused-ring (bicyclic) bond motifs is 1. The second-order valence-electron chi connectivity index (χ2n) is 8.11. The maximum Gasteiger partial charge on any atom is 0.328 e. The maximum atomic E-state index is 12.8. The maximum absolute atomic E-state index is 12.8. The average Bonchev–Trinajstić information content (AvgIpc) is 3.40. The van der Waals surface area contributed by atoms with Crippen LogP contribution in [-0.4, -0.2) is 34.4 Å². The van der Waals surface area contributed by atoms with Gasteiger partial charge in [0.2, 0.25) is 0 Å². The summed E-state index contributed by atoms with van der Waals surface area (Å²) in [7, 11) is -0.657. The van der Waals surface area contributed by atoms with Crippen LogP contribution < -0.4 is 19.9 Å². The van der Waals surface area contributed by atoms with Gasteiger partial charge < -0.3 is 9.47 Å². The molecule has 4 aromatic rings. The standard InChI is InChI=1S/C22H23N5O5S/c1-26-19-9-18(25-33(29,30)17-11-23-24-12-17)21(10-20(19)27(2)22(26)28)32-16-5-3-4-15(8-16)31-13-14-6-7-14/h3-5,8-12,14,25H,6-7,13H2,1-2H3,(H,23,24). The van der Waals surface area contributed by atoms with Gasteiger partial charge in [0.25, 0.3) is 10.0 Å². The van der Waals surface area contributed by atoms with Crippen molar-refractivity contribution >= 4 is 26.7 Å². The molecule has 1 aliphatic rings. The summed E-state index contributed by atoms with van der Waals surface area (Å²) in [4.78, 5) is 12.4. The molecular formula is C22H23N5O5S. The van der Waals surface area contributed by atoms with Crippen molar-refractivity contribution in [2.24, 2.45) is 20.0 Å². The van der Waals surface area contributed by atoms with E-state index in [4.69, 9.17) is 9.47 Å². The lowest BCUT2D eigenvalue weighted by molar-refractivity contribution is 0.298. The zero-order valence-corrected chi connectivity index (χ0v) is 18.9. The van der Waals surface area contributed by atoms with Crippen LogP contribution in [0.2, 0.25) is 0 Å². The summed E-state index contributed by atoms with van der Waals surface area (Å²) in [6.45, 7) is 0.664. The predicted octanol–water partition coefficient (Wildman–Crippen LogP) is 2.98. The van der Waals surface area contributed by atoms with Crippen LogP contribution in [0.3, 0.4) is 0 Å². The number of H-pyrrole nitrogens is 1. The Balaban J connectivity index is 1.54. The summed E-state index contributed by atoms with van der Waals surface area (Å²) in [5.41, 5.74) is 1.11. The monoisotopic (exact) mass is 469 g/mol. The van der Waals surface area contributed by atoms with E-state index in [1.807, 2.05) is 12.1 Å². The van der Waals surface area contributed by atoms with E-state index in [1.54, 1.807) is 38.4 Å². The number of imidazole rings is 1. The first-order chi connectivity index (χ1) is 15.8. The second kappa shape index (κ2) is 8.00. The summed E-state index contributed by atoms with van der Waals surface area (Å²) in [5, 5.41) is 6.20. The molecule has 33 heavy (non-hydrogen) atoms. The van der Waals surface area contributed by atoms with Gasteiger partial charge in [0.05, 0.1) is 29.5 Å². The van der Waals surface area contributed by atoms with E-state index in [0.29, 0.717) is 35.1 Å². The highest BCUT2D eigenvalue weighted by Crippen LogP contribution is 2.36. The number of hydrogen-bond donors (Lipinski definition) is 2. The van der Waals surface area contributed by atoms with Gasteiger partial charge in [-0.05, 0) is 37.0 Å². The molecule has 10 nitrogen and oxygen atoms in total. The Bertz CT molecular complexity index is 1480. The van der Waals surface area contributed by atoms with E-state index in [-0.39, 0.29) is 22.0 Å². The molecule has 2 heterocycles. The highest BCUT2D eigenvalue weighted by Gasteiger charge is 2.23.